The number of thiazole rings is 1. The molecule has 0 unspecified atom stereocenters. The first-order valence-electron chi connectivity index (χ1n) is 8.60. The number of nitrogens with zero attached hydrogens (tertiary/aromatic N) is 3. The zero-order valence-corrected chi connectivity index (χ0v) is 17.8. The van der Waals surface area contributed by atoms with Crippen molar-refractivity contribution in [2.75, 3.05) is 0 Å². The molecular formula is C21H11BrClN3O2S. The predicted molar refractivity (Wildman–Crippen MR) is 118 cm³/mol. The number of benzene rings is 2. The Balaban J connectivity index is 1.53. The van der Waals surface area contributed by atoms with Gasteiger partial charge in [-0.1, -0.05) is 63.1 Å². The lowest BCUT2D eigenvalue weighted by molar-refractivity contribution is 0.571. The number of hydrogen-bond acceptors (Lipinski definition) is 5. The summed E-state index contributed by atoms with van der Waals surface area (Å²) in [6.07, 6.45) is 1.70. The minimum Gasteiger partial charge on any atom is -0.457 e. The molecule has 3 heterocycles. The highest BCUT2D eigenvalue weighted by Crippen LogP contribution is 2.29. The van der Waals surface area contributed by atoms with Crippen molar-refractivity contribution in [1.29, 1.82) is 0 Å². The number of fused-ring (bicyclic) bond motifs is 1. The van der Waals surface area contributed by atoms with Crippen LogP contribution in [0, 0.1) is 0 Å². The van der Waals surface area contributed by atoms with E-state index in [2.05, 4.69) is 26.0 Å². The Morgan fingerprint density at radius 1 is 1.07 bits per heavy atom. The van der Waals surface area contributed by atoms with Crippen molar-refractivity contribution < 1.29 is 4.42 Å². The van der Waals surface area contributed by atoms with Crippen molar-refractivity contribution in [1.82, 2.24) is 14.6 Å². The van der Waals surface area contributed by atoms with Crippen LogP contribution in [0.25, 0.3) is 33.7 Å². The summed E-state index contributed by atoms with van der Waals surface area (Å²) in [6.45, 7) is 0. The van der Waals surface area contributed by atoms with Gasteiger partial charge < -0.3 is 4.42 Å². The smallest absolute Gasteiger partial charge is 0.291 e. The van der Waals surface area contributed by atoms with E-state index in [0.29, 0.717) is 31.9 Å². The molecule has 0 saturated carbocycles. The molecule has 0 aliphatic rings. The standard InChI is InChI=1S/C21H11BrClN3O2S/c22-13-7-5-12(6-8-13)19-24-21-26(25-19)20(27)18(29-21)11-14-9-10-17(28-14)15-3-1-2-4-16(15)23/h1-11H. The van der Waals surface area contributed by atoms with E-state index in [1.165, 1.54) is 15.9 Å². The first kappa shape index (κ1) is 18.3. The molecule has 5 aromatic rings. The first-order valence-corrected chi connectivity index (χ1v) is 10.6. The van der Waals surface area contributed by atoms with Gasteiger partial charge >= 0.3 is 0 Å². The fourth-order valence-corrected chi connectivity index (χ4v) is 4.30. The van der Waals surface area contributed by atoms with Gasteiger partial charge in [-0.3, -0.25) is 4.79 Å². The van der Waals surface area contributed by atoms with Crippen molar-refractivity contribution in [3.63, 3.8) is 0 Å². The van der Waals surface area contributed by atoms with E-state index in [4.69, 9.17) is 16.0 Å². The van der Waals surface area contributed by atoms with Gasteiger partial charge in [-0.05, 0) is 36.4 Å². The van der Waals surface area contributed by atoms with Gasteiger partial charge in [-0.2, -0.15) is 9.50 Å². The maximum atomic E-state index is 12.7. The molecule has 0 fully saturated rings. The summed E-state index contributed by atoms with van der Waals surface area (Å²) in [4.78, 5) is 17.8. The van der Waals surface area contributed by atoms with E-state index in [-0.39, 0.29) is 5.56 Å². The van der Waals surface area contributed by atoms with Gasteiger partial charge in [0.1, 0.15) is 16.1 Å². The topological polar surface area (TPSA) is 60.4 Å². The second-order valence-corrected chi connectivity index (χ2v) is 8.57. The monoisotopic (exact) mass is 483 g/mol. The third-order valence-corrected chi connectivity index (χ3v) is 6.14. The second-order valence-electron chi connectivity index (χ2n) is 6.23. The molecule has 0 amide bonds. The van der Waals surface area contributed by atoms with Gasteiger partial charge in [0.25, 0.3) is 5.56 Å². The Labute approximate surface area is 182 Å². The zero-order chi connectivity index (χ0) is 20.0. The third-order valence-electron chi connectivity index (χ3n) is 4.32. The largest absolute Gasteiger partial charge is 0.457 e. The van der Waals surface area contributed by atoms with E-state index < -0.39 is 0 Å². The van der Waals surface area contributed by atoms with E-state index in [1.807, 2.05) is 54.6 Å². The van der Waals surface area contributed by atoms with Crippen LogP contribution in [0.3, 0.4) is 0 Å². The zero-order valence-electron chi connectivity index (χ0n) is 14.7. The van der Waals surface area contributed by atoms with Gasteiger partial charge in [-0.25, -0.2) is 0 Å². The number of rotatable bonds is 3. The van der Waals surface area contributed by atoms with Crippen LogP contribution >= 0.6 is 38.9 Å². The summed E-state index contributed by atoms with van der Waals surface area (Å²) in [5.74, 6) is 1.73. The van der Waals surface area contributed by atoms with E-state index in [0.717, 1.165) is 15.6 Å². The molecule has 5 rings (SSSR count). The maximum Gasteiger partial charge on any atom is 0.291 e. The maximum absolute atomic E-state index is 12.7. The van der Waals surface area contributed by atoms with Crippen LogP contribution in [0.15, 0.2) is 74.3 Å². The molecule has 0 atom stereocenters. The highest BCUT2D eigenvalue weighted by atomic mass is 79.9. The quantitative estimate of drug-likeness (QED) is 0.360. The number of halogens is 2. The minimum absolute atomic E-state index is 0.225. The Morgan fingerprint density at radius 2 is 1.86 bits per heavy atom. The molecule has 0 bridgehead atoms. The number of furan rings is 1. The minimum atomic E-state index is -0.225. The van der Waals surface area contributed by atoms with Crippen LogP contribution in [0.4, 0.5) is 0 Å². The molecule has 0 N–H and O–H groups in total. The van der Waals surface area contributed by atoms with Crippen LogP contribution in [0.2, 0.25) is 5.02 Å². The summed E-state index contributed by atoms with van der Waals surface area (Å²) >= 11 is 10.9. The number of aromatic nitrogens is 3. The molecule has 29 heavy (non-hydrogen) atoms. The second kappa shape index (κ2) is 7.26. The molecule has 5 nitrogen and oxygen atoms in total. The van der Waals surface area contributed by atoms with Gasteiger partial charge in [0.2, 0.25) is 4.96 Å². The van der Waals surface area contributed by atoms with E-state index in [1.54, 1.807) is 12.1 Å². The van der Waals surface area contributed by atoms with Crippen molar-refractivity contribution >= 4 is 49.9 Å². The number of hydrogen-bond donors (Lipinski definition) is 0. The molecule has 2 aromatic carbocycles. The van der Waals surface area contributed by atoms with Crippen LogP contribution in [0.1, 0.15) is 5.76 Å². The van der Waals surface area contributed by atoms with Crippen LogP contribution < -0.4 is 10.1 Å². The van der Waals surface area contributed by atoms with Crippen molar-refractivity contribution in [3.8, 4) is 22.7 Å². The Morgan fingerprint density at radius 3 is 2.62 bits per heavy atom. The van der Waals surface area contributed by atoms with Crippen LogP contribution in [0.5, 0.6) is 0 Å². The average molecular weight is 485 g/mol. The lowest BCUT2D eigenvalue weighted by Crippen LogP contribution is -2.23. The first-order chi connectivity index (χ1) is 14.1. The van der Waals surface area contributed by atoms with Gasteiger partial charge in [0, 0.05) is 21.7 Å². The predicted octanol–water partition coefficient (Wildman–Crippen LogP) is 5.04. The van der Waals surface area contributed by atoms with Crippen LogP contribution in [-0.2, 0) is 0 Å². The van der Waals surface area contributed by atoms with Gasteiger partial charge in [0.05, 0.1) is 5.02 Å². The average Bonchev–Trinajstić information content (AvgIpc) is 3.41. The fraction of sp³-hybridized carbons (Fsp3) is 0. The van der Waals surface area contributed by atoms with Crippen molar-refractivity contribution in [3.05, 3.63) is 90.8 Å². The Kier molecular flexibility index (Phi) is 4.58. The third kappa shape index (κ3) is 3.42. The summed E-state index contributed by atoms with van der Waals surface area (Å²) in [7, 11) is 0. The molecule has 0 saturated heterocycles. The normalized spacial score (nSPS) is 12.1. The molecule has 3 aromatic heterocycles. The van der Waals surface area contributed by atoms with Crippen molar-refractivity contribution in [2.45, 2.75) is 0 Å². The Hall–Kier alpha value is -2.74. The van der Waals surface area contributed by atoms with Gasteiger partial charge in [0.15, 0.2) is 5.82 Å². The molecule has 0 aliphatic heterocycles. The lowest BCUT2D eigenvalue weighted by atomic mass is 10.2. The summed E-state index contributed by atoms with van der Waals surface area (Å²) in [6, 6.07) is 18.7. The van der Waals surface area contributed by atoms with E-state index >= 15 is 0 Å². The molecule has 142 valence electrons. The van der Waals surface area contributed by atoms with Crippen LogP contribution in [-0.4, -0.2) is 14.6 Å². The van der Waals surface area contributed by atoms with Gasteiger partial charge in [-0.15, -0.1) is 5.10 Å². The van der Waals surface area contributed by atoms with E-state index in [9.17, 15) is 4.79 Å². The summed E-state index contributed by atoms with van der Waals surface area (Å²) in [5, 5.41) is 4.97. The highest BCUT2D eigenvalue weighted by Gasteiger charge is 2.13. The summed E-state index contributed by atoms with van der Waals surface area (Å²) in [5.41, 5.74) is 1.43. The lowest BCUT2D eigenvalue weighted by Gasteiger charge is -1.98. The molecule has 0 aliphatic carbocycles. The molecular weight excluding hydrogens is 474 g/mol. The highest BCUT2D eigenvalue weighted by molar-refractivity contribution is 9.10. The molecule has 8 heteroatoms. The van der Waals surface area contributed by atoms with Crippen molar-refractivity contribution in [2.24, 2.45) is 0 Å². The SMILES string of the molecule is O=c1c(=Cc2ccc(-c3ccccc3Cl)o2)sc2nc(-c3ccc(Br)cc3)nn12. The molecule has 0 radical (unpaired) electrons. The summed E-state index contributed by atoms with van der Waals surface area (Å²) < 4.78 is 8.66. The Bertz CT molecular complexity index is 1450. The fourth-order valence-electron chi connectivity index (χ4n) is 2.92. The molecule has 0 spiro atoms.